The molecule has 1 heterocycles. The van der Waals surface area contributed by atoms with Crippen molar-refractivity contribution in [2.75, 3.05) is 5.32 Å². The third kappa shape index (κ3) is 5.61. The molecule has 4 nitrogen and oxygen atoms in total. The molecule has 1 aliphatic heterocycles. The monoisotopic (exact) mass is 462 g/mol. The average Bonchev–Trinajstić information content (AvgIpc) is 2.78. The second-order valence-electron chi connectivity index (χ2n) is 7.73. The van der Waals surface area contributed by atoms with Crippen molar-refractivity contribution in [1.29, 1.82) is 0 Å². The quantitative estimate of drug-likeness (QED) is 0.430. The Balaban J connectivity index is 1.41. The molecule has 0 aromatic heterocycles. The molecule has 0 bridgehead atoms. The minimum Gasteiger partial charge on any atom is -0.350 e. The van der Waals surface area contributed by atoms with E-state index < -0.39 is 0 Å². The molecule has 2 amide bonds. The van der Waals surface area contributed by atoms with E-state index >= 15 is 0 Å². The lowest BCUT2D eigenvalue weighted by atomic mass is 10.1. The van der Waals surface area contributed by atoms with Crippen LogP contribution in [-0.4, -0.2) is 17.9 Å². The lowest BCUT2D eigenvalue weighted by molar-refractivity contribution is -0.112. The van der Waals surface area contributed by atoms with Gasteiger partial charge < -0.3 is 10.6 Å². The van der Waals surface area contributed by atoms with Crippen LogP contribution in [0, 0.1) is 0 Å². The van der Waals surface area contributed by atoms with E-state index in [2.05, 4.69) is 22.8 Å². The summed E-state index contributed by atoms with van der Waals surface area (Å²) < 4.78 is 0. The van der Waals surface area contributed by atoms with Gasteiger partial charge in [-0.3, -0.25) is 9.59 Å². The van der Waals surface area contributed by atoms with Crippen molar-refractivity contribution in [2.24, 2.45) is 0 Å². The van der Waals surface area contributed by atoms with Gasteiger partial charge in [0.25, 0.3) is 11.8 Å². The molecule has 32 heavy (non-hydrogen) atoms. The van der Waals surface area contributed by atoms with Crippen LogP contribution in [0.5, 0.6) is 0 Å². The van der Waals surface area contributed by atoms with E-state index in [1.807, 2.05) is 55.5 Å². The van der Waals surface area contributed by atoms with Gasteiger partial charge in [0.15, 0.2) is 0 Å². The second-order valence-corrected chi connectivity index (χ2v) is 9.25. The summed E-state index contributed by atoms with van der Waals surface area (Å²) in [5.41, 5.74) is 3.29. The number of hydrogen-bond donors (Lipinski definition) is 2. The highest BCUT2D eigenvalue weighted by Crippen LogP contribution is 2.39. The third-order valence-corrected chi connectivity index (χ3v) is 6.50. The van der Waals surface area contributed by atoms with Crippen LogP contribution in [0.15, 0.2) is 82.6 Å². The molecule has 0 radical (unpaired) electrons. The molecule has 0 saturated heterocycles. The van der Waals surface area contributed by atoms with Crippen molar-refractivity contribution in [1.82, 2.24) is 5.32 Å². The number of carbonyl (C=O) groups is 2. The number of thioether (sulfide) groups is 1. The molecule has 0 fully saturated rings. The molecule has 3 aromatic rings. The Morgan fingerprint density at radius 3 is 2.69 bits per heavy atom. The number of fused-ring (bicyclic) bond motifs is 1. The fraction of sp³-hybridized carbons (Fsp3) is 0.154. The SMILES string of the molecule is C[C@@H](CCc1ccccc1)NC(=O)c1ccc2c(c1)NC(=O)/C(=C\c1cccc(Cl)c1)S2. The molecule has 3 aromatic carbocycles. The Morgan fingerprint density at radius 1 is 1.09 bits per heavy atom. The average molecular weight is 463 g/mol. The number of rotatable bonds is 6. The number of aryl methyl sites for hydroxylation is 1. The molecule has 2 N–H and O–H groups in total. The Morgan fingerprint density at radius 2 is 1.91 bits per heavy atom. The summed E-state index contributed by atoms with van der Waals surface area (Å²) in [4.78, 5) is 26.8. The largest absolute Gasteiger partial charge is 0.350 e. The number of nitrogens with one attached hydrogen (secondary N) is 2. The first kappa shape index (κ1) is 22.2. The lowest BCUT2D eigenvalue weighted by Gasteiger charge is -2.20. The zero-order valence-electron chi connectivity index (χ0n) is 17.6. The van der Waals surface area contributed by atoms with E-state index in [1.54, 1.807) is 18.2 Å². The van der Waals surface area contributed by atoms with E-state index in [9.17, 15) is 9.59 Å². The van der Waals surface area contributed by atoms with Crippen molar-refractivity contribution >= 4 is 46.9 Å². The Kier molecular flexibility index (Phi) is 6.98. The van der Waals surface area contributed by atoms with Gasteiger partial charge in [-0.2, -0.15) is 0 Å². The molecule has 4 rings (SSSR count). The Bertz CT molecular complexity index is 1180. The Hall–Kier alpha value is -3.02. The highest BCUT2D eigenvalue weighted by Gasteiger charge is 2.22. The van der Waals surface area contributed by atoms with Gasteiger partial charge >= 0.3 is 0 Å². The zero-order chi connectivity index (χ0) is 22.5. The van der Waals surface area contributed by atoms with Crippen LogP contribution in [0.2, 0.25) is 5.02 Å². The lowest BCUT2D eigenvalue weighted by Crippen LogP contribution is -2.33. The molecular weight excluding hydrogens is 440 g/mol. The highest BCUT2D eigenvalue weighted by molar-refractivity contribution is 8.04. The maximum atomic E-state index is 12.7. The summed E-state index contributed by atoms with van der Waals surface area (Å²) >= 11 is 7.42. The molecule has 6 heteroatoms. The summed E-state index contributed by atoms with van der Waals surface area (Å²) in [6.45, 7) is 2.00. The fourth-order valence-electron chi connectivity index (χ4n) is 3.46. The van der Waals surface area contributed by atoms with Crippen LogP contribution in [0.3, 0.4) is 0 Å². The van der Waals surface area contributed by atoms with Gasteiger partial charge in [-0.05, 0) is 67.3 Å². The maximum absolute atomic E-state index is 12.7. The van der Waals surface area contributed by atoms with E-state index in [1.165, 1.54) is 17.3 Å². The number of halogens is 1. The predicted molar refractivity (Wildman–Crippen MR) is 132 cm³/mol. The van der Waals surface area contributed by atoms with Gasteiger partial charge in [-0.25, -0.2) is 0 Å². The van der Waals surface area contributed by atoms with Crippen LogP contribution >= 0.6 is 23.4 Å². The van der Waals surface area contributed by atoms with E-state index in [0.29, 0.717) is 21.2 Å². The van der Waals surface area contributed by atoms with Crippen LogP contribution < -0.4 is 10.6 Å². The summed E-state index contributed by atoms with van der Waals surface area (Å²) in [7, 11) is 0. The summed E-state index contributed by atoms with van der Waals surface area (Å²) in [5.74, 6) is -0.343. The molecule has 0 unspecified atom stereocenters. The predicted octanol–water partition coefficient (Wildman–Crippen LogP) is 6.18. The first-order valence-corrected chi connectivity index (χ1v) is 11.6. The fourth-order valence-corrected chi connectivity index (χ4v) is 4.59. The highest BCUT2D eigenvalue weighted by atomic mass is 35.5. The van der Waals surface area contributed by atoms with Gasteiger partial charge in [-0.1, -0.05) is 65.8 Å². The van der Waals surface area contributed by atoms with Crippen LogP contribution in [0.1, 0.15) is 34.8 Å². The van der Waals surface area contributed by atoms with Gasteiger partial charge in [0.2, 0.25) is 0 Å². The number of hydrogen-bond acceptors (Lipinski definition) is 3. The summed E-state index contributed by atoms with van der Waals surface area (Å²) in [6.07, 6.45) is 3.57. The van der Waals surface area contributed by atoms with Crippen LogP contribution in [0.25, 0.3) is 6.08 Å². The number of anilines is 1. The molecule has 162 valence electrons. The van der Waals surface area contributed by atoms with Crippen LogP contribution in [-0.2, 0) is 11.2 Å². The third-order valence-electron chi connectivity index (χ3n) is 5.17. The van der Waals surface area contributed by atoms with Crippen molar-refractivity contribution in [3.05, 3.63) is 99.4 Å². The van der Waals surface area contributed by atoms with Crippen molar-refractivity contribution in [3.8, 4) is 0 Å². The van der Waals surface area contributed by atoms with Gasteiger partial charge in [0.05, 0.1) is 10.6 Å². The number of benzene rings is 3. The molecule has 0 spiro atoms. The van der Waals surface area contributed by atoms with E-state index in [-0.39, 0.29) is 17.9 Å². The van der Waals surface area contributed by atoms with Gasteiger partial charge in [0, 0.05) is 21.5 Å². The van der Waals surface area contributed by atoms with Crippen LogP contribution in [0.4, 0.5) is 5.69 Å². The topological polar surface area (TPSA) is 58.2 Å². The standard InChI is InChI=1S/C26H23ClN2O2S/c1-17(10-11-18-6-3-2-4-7-18)28-25(30)20-12-13-23-22(16-20)29-26(31)24(32-23)15-19-8-5-9-21(27)14-19/h2-9,12-17H,10-11H2,1H3,(H,28,30)(H,29,31)/b24-15+/t17-/m0/s1. The second kappa shape index (κ2) is 10.1. The molecular formula is C26H23ClN2O2S. The van der Waals surface area contributed by atoms with E-state index in [4.69, 9.17) is 11.6 Å². The van der Waals surface area contributed by atoms with Gasteiger partial charge in [-0.15, -0.1) is 0 Å². The van der Waals surface area contributed by atoms with Crippen molar-refractivity contribution < 1.29 is 9.59 Å². The maximum Gasteiger partial charge on any atom is 0.262 e. The van der Waals surface area contributed by atoms with Gasteiger partial charge in [0.1, 0.15) is 0 Å². The first-order valence-electron chi connectivity index (χ1n) is 10.4. The van der Waals surface area contributed by atoms with Crippen molar-refractivity contribution in [2.45, 2.75) is 30.7 Å². The summed E-state index contributed by atoms with van der Waals surface area (Å²) in [6, 6.07) is 23.0. The molecule has 0 saturated carbocycles. The molecule has 0 aliphatic carbocycles. The number of carbonyl (C=O) groups excluding carboxylic acids is 2. The number of amides is 2. The minimum atomic E-state index is -0.198. The van der Waals surface area contributed by atoms with Crippen molar-refractivity contribution in [3.63, 3.8) is 0 Å². The normalized spacial score (nSPS) is 15.1. The zero-order valence-corrected chi connectivity index (χ0v) is 19.2. The minimum absolute atomic E-state index is 0.0370. The first-order chi connectivity index (χ1) is 15.5. The smallest absolute Gasteiger partial charge is 0.262 e. The molecule has 1 aliphatic rings. The summed E-state index contributed by atoms with van der Waals surface area (Å²) in [5, 5.41) is 6.57. The molecule has 1 atom stereocenters. The Labute approximate surface area is 197 Å². The van der Waals surface area contributed by atoms with E-state index in [0.717, 1.165) is 23.3 Å².